The summed E-state index contributed by atoms with van der Waals surface area (Å²) < 4.78 is 256. The number of alkyl halides is 17. The predicted molar refractivity (Wildman–Crippen MR) is 305 cm³/mol. The van der Waals surface area contributed by atoms with Gasteiger partial charge in [-0.15, -0.1) is 0 Å². The Bertz CT molecular complexity index is 2710. The molecule has 1 aliphatic heterocycles. The molecule has 2 aromatic carbocycles. The molecule has 0 unspecified atom stereocenters. The predicted octanol–water partition coefficient (Wildman–Crippen LogP) is 22.8. The van der Waals surface area contributed by atoms with E-state index in [-0.39, 0.29) is 33.6 Å². The van der Waals surface area contributed by atoms with Crippen LogP contribution in [0.2, 0.25) is 0 Å². The van der Waals surface area contributed by atoms with Gasteiger partial charge in [0.05, 0.1) is 0 Å². The molecule has 490 valence electrons. The zero-order valence-corrected chi connectivity index (χ0v) is 50.5. The van der Waals surface area contributed by atoms with Crippen LogP contribution < -0.4 is 9.95 Å². The Morgan fingerprint density at radius 1 is 0.453 bits per heavy atom. The minimum atomic E-state index is -8.74. The van der Waals surface area contributed by atoms with Crippen LogP contribution in [0.25, 0.3) is 33.4 Å². The fourth-order valence-electron chi connectivity index (χ4n) is 11.3. The Labute approximate surface area is 493 Å². The first-order valence-corrected chi connectivity index (χ1v) is 33.3. The molecule has 5 nitrogen and oxygen atoms in total. The second kappa shape index (κ2) is 31.4. The molecule has 2 aliphatic rings. The molecule has 1 heterocycles. The molecule has 23 heteroatoms. The van der Waals surface area contributed by atoms with Crippen LogP contribution in [0, 0.1) is 0 Å². The van der Waals surface area contributed by atoms with Crippen molar-refractivity contribution in [3.05, 3.63) is 76.5 Å². The van der Waals surface area contributed by atoms with Gasteiger partial charge in [0, 0.05) is 6.42 Å². The third-order valence-electron chi connectivity index (χ3n) is 16.4. The average molecular weight is 1280 g/mol. The van der Waals surface area contributed by atoms with Crippen LogP contribution in [-0.2, 0) is 4.74 Å². The van der Waals surface area contributed by atoms with Gasteiger partial charge in [0.15, 0.2) is 0 Å². The molecule has 0 bridgehead atoms. The third-order valence-corrected chi connectivity index (χ3v) is 22.9. The molecule has 86 heavy (non-hydrogen) atoms. The number of hydrogen-bond acceptors (Lipinski definition) is 5. The topological polar surface area (TPSA) is 65.7 Å². The molecule has 0 spiro atoms. The summed E-state index contributed by atoms with van der Waals surface area (Å²) in [5.41, 5.74) is 0.0581. The van der Waals surface area contributed by atoms with Crippen molar-refractivity contribution in [1.29, 1.82) is 0 Å². The number of ether oxygens (including phenoxy) is 1. The summed E-state index contributed by atoms with van der Waals surface area (Å²) in [6, 6.07) is 14.6. The van der Waals surface area contributed by atoms with Gasteiger partial charge >= 0.3 is 401 Å². The summed E-state index contributed by atoms with van der Waals surface area (Å²) in [7, 11) is 0. The molecule has 0 fully saturated rings. The monoisotopic (exact) mass is 1270 g/mol. The molecule has 0 atom stereocenters. The van der Waals surface area contributed by atoms with Gasteiger partial charge in [0.2, 0.25) is 0 Å². The van der Waals surface area contributed by atoms with Gasteiger partial charge in [0.1, 0.15) is 0 Å². The Kier molecular flexibility index (Phi) is 27.1. The maximum absolute atomic E-state index is 14.8. The van der Waals surface area contributed by atoms with E-state index in [1.807, 2.05) is 6.07 Å². The van der Waals surface area contributed by atoms with E-state index in [9.17, 15) is 84.2 Å². The van der Waals surface area contributed by atoms with E-state index in [0.29, 0.717) is 11.1 Å². The average Bonchev–Trinajstić information content (AvgIpc) is 0.734. The molecule has 0 saturated carbocycles. The summed E-state index contributed by atoms with van der Waals surface area (Å²) >= 11 is 0. The fraction of sp³-hybridized carbons (Fsp3) is 0.683. The first kappa shape index (κ1) is 74.1. The van der Waals surface area contributed by atoms with Gasteiger partial charge < -0.3 is 0 Å². The summed E-state index contributed by atoms with van der Waals surface area (Å²) in [5.74, 6) is -58.0. The first-order chi connectivity index (χ1) is 40.2. The van der Waals surface area contributed by atoms with Gasteiger partial charge in [-0.3, -0.25) is 0 Å². The summed E-state index contributed by atoms with van der Waals surface area (Å²) in [6.45, 7) is 4.18. The molecule has 0 saturated heterocycles. The van der Waals surface area contributed by atoms with Gasteiger partial charge in [-0.25, -0.2) is 0 Å². The molecule has 2 aromatic rings. The number of carbonyl (C=O) groups is 1. The van der Waals surface area contributed by atoms with E-state index in [1.54, 1.807) is 12.1 Å². The maximum atomic E-state index is 14.8. The van der Waals surface area contributed by atoms with Crippen molar-refractivity contribution >= 4 is 23.8 Å². The Morgan fingerprint density at radius 3 is 1.34 bits per heavy atom. The van der Waals surface area contributed by atoms with Crippen molar-refractivity contribution < 1.29 is 93.1 Å². The van der Waals surface area contributed by atoms with Crippen LogP contribution in [-0.4, -0.2) is 84.9 Å². The Balaban J connectivity index is 1.72. The van der Waals surface area contributed by atoms with Crippen molar-refractivity contribution in [1.82, 2.24) is 0 Å². The standard InChI is InChI=1S/C63H84F17O5P/c1-5-9-13-17-18-19-20-21-22-23-24-30-43-86(40-27-14-10-6-2,41-28-15-11-7-3,42-29-16-12-8-4)85-47-35-37-51-53(45-47)84-52-44-46(81)34-36-50(52)54(51)48-32-25-26-33-49(48)55(82)83-39-31-38-56(64,65)57(66,67)58(68,69)59(70,71)60(72,73)61(74,75)62(76,77)63(78,79)80/h25-26,32-37,44-45H,5-24,27-31,38-43H2,1-4H3. The van der Waals surface area contributed by atoms with Crippen molar-refractivity contribution in [3.63, 3.8) is 0 Å². The number of hydrogen-bond donors (Lipinski definition) is 0. The van der Waals surface area contributed by atoms with Crippen molar-refractivity contribution in [3.8, 4) is 28.2 Å². The second-order valence-electron chi connectivity index (χ2n) is 23.1. The SMILES string of the molecule is CCCCCCCCCCCCCCP(CCCCCC)(CCCCCC)(CCCCCC)Oc1ccc2c(-c3ccccc3C(=O)OCCCC(F)(F)C(F)(F)C(F)(F)C(F)(F)C(F)(F)C(F)(F)C(F)(F)C(F)(F)F)c3ccc(=O)cc-3oc2c1. The van der Waals surface area contributed by atoms with Crippen LogP contribution in [0.3, 0.4) is 0 Å². The van der Waals surface area contributed by atoms with Crippen LogP contribution >= 0.6 is 6.83 Å². The zero-order chi connectivity index (χ0) is 64.3. The molecular formula is C63H84F17O5P. The number of fused-ring (bicyclic) bond motifs is 2. The van der Waals surface area contributed by atoms with E-state index in [4.69, 9.17) is 13.7 Å². The molecular weight excluding hydrogens is 1190 g/mol. The number of halogens is 17. The van der Waals surface area contributed by atoms with E-state index in [0.717, 1.165) is 121 Å². The summed E-state index contributed by atoms with van der Waals surface area (Å²) in [5, 5.41) is 0.379. The molecule has 0 amide bonds. The first-order valence-electron chi connectivity index (χ1n) is 30.4. The zero-order valence-electron chi connectivity index (χ0n) is 49.6. The van der Waals surface area contributed by atoms with Crippen molar-refractivity contribution in [2.24, 2.45) is 0 Å². The van der Waals surface area contributed by atoms with Gasteiger partial charge in [0.25, 0.3) is 0 Å². The Hall–Kier alpha value is -4.36. The number of unbranched alkanes of at least 4 members (excludes halogenated alkanes) is 20. The van der Waals surface area contributed by atoms with Crippen LogP contribution in [0.1, 0.15) is 205 Å². The number of carbonyl (C=O) groups excluding carboxylic acids is 1. The van der Waals surface area contributed by atoms with Crippen molar-refractivity contribution in [2.45, 2.75) is 242 Å². The molecule has 1 aliphatic carbocycles. The van der Waals surface area contributed by atoms with E-state index < -0.39 is 85.3 Å². The number of benzene rings is 3. The number of rotatable bonds is 42. The second-order valence-corrected chi connectivity index (χ2v) is 28.8. The number of esters is 1. The van der Waals surface area contributed by atoms with E-state index in [2.05, 4.69) is 27.7 Å². The molecule has 0 N–H and O–H groups in total. The minimum absolute atomic E-state index is 0.0640. The van der Waals surface area contributed by atoms with Gasteiger partial charge in [-0.05, 0) is 0 Å². The molecule has 0 aromatic heterocycles. The van der Waals surface area contributed by atoms with E-state index in [1.165, 1.54) is 100 Å². The Morgan fingerprint density at radius 2 is 0.872 bits per heavy atom. The molecule has 0 radical (unpaired) electrons. The third kappa shape index (κ3) is 17.1. The van der Waals surface area contributed by atoms with Crippen LogP contribution in [0.4, 0.5) is 74.6 Å². The summed E-state index contributed by atoms with van der Waals surface area (Å²) in [4.78, 5) is 26.7. The van der Waals surface area contributed by atoms with Crippen molar-refractivity contribution in [2.75, 3.05) is 31.3 Å². The van der Waals surface area contributed by atoms with Gasteiger partial charge in [-0.2, -0.15) is 74.6 Å². The van der Waals surface area contributed by atoms with Crippen LogP contribution in [0.5, 0.6) is 5.75 Å². The van der Waals surface area contributed by atoms with Crippen LogP contribution in [0.15, 0.2) is 69.9 Å². The molecule has 4 rings (SSSR count). The van der Waals surface area contributed by atoms with E-state index >= 15 is 0 Å². The summed E-state index contributed by atoms with van der Waals surface area (Å²) in [6.07, 6.45) is 18.4. The normalized spacial score (nSPS) is 14.0. The van der Waals surface area contributed by atoms with Gasteiger partial charge in [-0.1, -0.05) is 13.3 Å². The fourth-order valence-corrected chi connectivity index (χ4v) is 17.8. The quantitative estimate of drug-likeness (QED) is 0.0145.